The minimum Gasteiger partial charge on any atom is -0.433 e. The Morgan fingerprint density at radius 1 is 1.08 bits per heavy atom. The van der Waals surface area contributed by atoms with E-state index < -0.39 is 0 Å². The van der Waals surface area contributed by atoms with Crippen molar-refractivity contribution in [3.63, 3.8) is 0 Å². The first-order chi connectivity index (χ1) is 17.4. The van der Waals surface area contributed by atoms with Crippen LogP contribution in [0.25, 0.3) is 11.3 Å². The maximum atomic E-state index is 6.11. The number of hydrogen-bond acceptors (Lipinski definition) is 9. The SMILES string of the molecule is Cc1cc(-c2cnc(N)c(Oc3cnn(C4CCN(C)CC4)c3)n2)cc(C)c1CNc1ncn(C)n1. The third-order valence-corrected chi connectivity index (χ3v) is 6.64. The van der Waals surface area contributed by atoms with Gasteiger partial charge in [0.1, 0.15) is 6.33 Å². The number of benzene rings is 1. The molecule has 0 radical (unpaired) electrons. The third-order valence-electron chi connectivity index (χ3n) is 6.64. The molecule has 0 aliphatic carbocycles. The van der Waals surface area contributed by atoms with Gasteiger partial charge in [-0.05, 0) is 75.6 Å². The van der Waals surface area contributed by atoms with Crippen molar-refractivity contribution in [1.82, 2.24) is 39.4 Å². The van der Waals surface area contributed by atoms with Crippen molar-refractivity contribution in [1.29, 1.82) is 0 Å². The molecule has 188 valence electrons. The van der Waals surface area contributed by atoms with Gasteiger partial charge in [-0.3, -0.25) is 9.36 Å². The van der Waals surface area contributed by atoms with E-state index in [4.69, 9.17) is 10.5 Å². The molecule has 11 heteroatoms. The summed E-state index contributed by atoms with van der Waals surface area (Å²) in [6.07, 6.45) is 9.10. The number of hydrogen-bond donors (Lipinski definition) is 2. The lowest BCUT2D eigenvalue weighted by Crippen LogP contribution is -2.31. The maximum Gasteiger partial charge on any atom is 0.263 e. The fourth-order valence-electron chi connectivity index (χ4n) is 4.55. The van der Waals surface area contributed by atoms with E-state index in [0.717, 1.165) is 42.6 Å². The molecule has 0 saturated carbocycles. The number of nitrogens with one attached hydrogen (secondary N) is 1. The summed E-state index contributed by atoms with van der Waals surface area (Å²) in [6.45, 7) is 6.92. The van der Waals surface area contributed by atoms with E-state index in [1.165, 1.54) is 5.56 Å². The van der Waals surface area contributed by atoms with Crippen LogP contribution in [-0.2, 0) is 13.6 Å². The molecular weight excluding hydrogens is 456 g/mol. The van der Waals surface area contributed by atoms with Gasteiger partial charge in [-0.15, -0.1) is 5.10 Å². The minimum absolute atomic E-state index is 0.239. The summed E-state index contributed by atoms with van der Waals surface area (Å²) in [7, 11) is 3.99. The second-order valence-corrected chi connectivity index (χ2v) is 9.42. The van der Waals surface area contributed by atoms with E-state index in [1.807, 2.05) is 17.9 Å². The second kappa shape index (κ2) is 9.94. The van der Waals surface area contributed by atoms with E-state index in [-0.39, 0.29) is 11.7 Å². The van der Waals surface area contributed by atoms with Crippen LogP contribution < -0.4 is 15.8 Å². The van der Waals surface area contributed by atoms with Gasteiger partial charge < -0.3 is 20.7 Å². The van der Waals surface area contributed by atoms with Gasteiger partial charge in [0, 0.05) is 19.2 Å². The smallest absolute Gasteiger partial charge is 0.263 e. The summed E-state index contributed by atoms with van der Waals surface area (Å²) >= 11 is 0. The average molecular weight is 489 g/mol. The number of aryl methyl sites for hydroxylation is 3. The molecule has 0 atom stereocenters. The second-order valence-electron chi connectivity index (χ2n) is 9.42. The Labute approximate surface area is 210 Å². The van der Waals surface area contributed by atoms with Gasteiger partial charge in [0.05, 0.1) is 30.3 Å². The number of likely N-dealkylation sites (tertiary alicyclic amines) is 1. The van der Waals surface area contributed by atoms with Gasteiger partial charge in [0.25, 0.3) is 5.88 Å². The van der Waals surface area contributed by atoms with Crippen molar-refractivity contribution in [2.24, 2.45) is 7.05 Å². The van der Waals surface area contributed by atoms with Crippen molar-refractivity contribution in [2.75, 3.05) is 31.2 Å². The zero-order chi connectivity index (χ0) is 25.2. The number of anilines is 2. The average Bonchev–Trinajstić information content (AvgIpc) is 3.49. The molecule has 1 aliphatic heterocycles. The molecule has 0 bridgehead atoms. The highest BCUT2D eigenvalue weighted by molar-refractivity contribution is 5.64. The Hall–Kier alpha value is -3.99. The van der Waals surface area contributed by atoms with Crippen LogP contribution in [0, 0.1) is 13.8 Å². The van der Waals surface area contributed by atoms with E-state index in [1.54, 1.807) is 23.4 Å². The van der Waals surface area contributed by atoms with Crippen LogP contribution in [0.5, 0.6) is 11.6 Å². The molecular formula is C25H32N10O. The summed E-state index contributed by atoms with van der Waals surface area (Å²) in [6, 6.07) is 4.57. The van der Waals surface area contributed by atoms with Gasteiger partial charge in [0.2, 0.25) is 5.95 Å². The van der Waals surface area contributed by atoms with Gasteiger partial charge in [-0.2, -0.15) is 5.10 Å². The molecule has 0 spiro atoms. The summed E-state index contributed by atoms with van der Waals surface area (Å²) in [4.78, 5) is 15.6. The van der Waals surface area contributed by atoms with Crippen LogP contribution in [0.1, 0.15) is 35.6 Å². The quantitative estimate of drug-likeness (QED) is 0.403. The molecule has 3 N–H and O–H groups in total. The van der Waals surface area contributed by atoms with Crippen molar-refractivity contribution in [2.45, 2.75) is 39.3 Å². The molecule has 5 rings (SSSR count). The van der Waals surface area contributed by atoms with Crippen LogP contribution in [-0.4, -0.2) is 59.5 Å². The Balaban J connectivity index is 1.32. The molecule has 1 aliphatic rings. The van der Waals surface area contributed by atoms with Crippen molar-refractivity contribution in [3.05, 3.63) is 53.7 Å². The first kappa shape index (κ1) is 23.7. The molecule has 3 aromatic heterocycles. The van der Waals surface area contributed by atoms with Gasteiger partial charge in [-0.1, -0.05) is 0 Å². The zero-order valence-corrected chi connectivity index (χ0v) is 21.1. The zero-order valence-electron chi connectivity index (χ0n) is 21.1. The maximum absolute atomic E-state index is 6.11. The summed E-state index contributed by atoms with van der Waals surface area (Å²) in [5.41, 5.74) is 11.2. The fraction of sp³-hybridized carbons (Fsp3) is 0.400. The number of piperidine rings is 1. The van der Waals surface area contributed by atoms with Crippen molar-refractivity contribution >= 4 is 11.8 Å². The fourth-order valence-corrected chi connectivity index (χ4v) is 4.55. The molecule has 1 aromatic carbocycles. The van der Waals surface area contributed by atoms with Crippen molar-refractivity contribution in [3.8, 4) is 22.9 Å². The van der Waals surface area contributed by atoms with Crippen LogP contribution in [0.4, 0.5) is 11.8 Å². The molecule has 0 amide bonds. The molecule has 1 saturated heterocycles. The van der Waals surface area contributed by atoms with E-state index >= 15 is 0 Å². The number of nitrogen functional groups attached to an aromatic ring is 1. The Kier molecular flexibility index (Phi) is 6.55. The largest absolute Gasteiger partial charge is 0.433 e. The summed E-state index contributed by atoms with van der Waals surface area (Å²) < 4.78 is 9.67. The Morgan fingerprint density at radius 3 is 2.53 bits per heavy atom. The lowest BCUT2D eigenvalue weighted by Gasteiger charge is -2.28. The summed E-state index contributed by atoms with van der Waals surface area (Å²) in [5, 5.41) is 12.1. The third kappa shape index (κ3) is 5.15. The van der Waals surface area contributed by atoms with Crippen LogP contribution in [0.2, 0.25) is 0 Å². The minimum atomic E-state index is 0.239. The lowest BCUT2D eigenvalue weighted by molar-refractivity contribution is 0.212. The lowest BCUT2D eigenvalue weighted by atomic mass is 9.98. The van der Waals surface area contributed by atoms with Gasteiger partial charge >= 0.3 is 0 Å². The molecule has 11 nitrogen and oxygen atoms in total. The van der Waals surface area contributed by atoms with Crippen LogP contribution >= 0.6 is 0 Å². The highest BCUT2D eigenvalue weighted by atomic mass is 16.5. The molecule has 36 heavy (non-hydrogen) atoms. The van der Waals surface area contributed by atoms with Crippen molar-refractivity contribution < 1.29 is 4.74 Å². The molecule has 4 heterocycles. The molecule has 1 fully saturated rings. The normalized spacial score (nSPS) is 14.8. The van der Waals surface area contributed by atoms with E-state index in [9.17, 15) is 0 Å². The van der Waals surface area contributed by atoms with Crippen LogP contribution in [0.3, 0.4) is 0 Å². The standard InChI is InChI=1S/C25H32N10O/c1-16-9-18(10-17(2)21(16)12-28-25-29-15-34(4)32-25)22-13-27-23(26)24(31-22)36-20-11-30-35(14-20)19-5-7-33(3)8-6-19/h9-11,13-15,19H,5-8,12H2,1-4H3,(H2,26,27)(H,28,32). The van der Waals surface area contributed by atoms with E-state index in [0.29, 0.717) is 30.0 Å². The topological polar surface area (TPSA) is 125 Å². The predicted molar refractivity (Wildman–Crippen MR) is 138 cm³/mol. The monoisotopic (exact) mass is 488 g/mol. The number of rotatable bonds is 7. The predicted octanol–water partition coefficient (Wildman–Crippen LogP) is 3.34. The Morgan fingerprint density at radius 2 is 1.83 bits per heavy atom. The summed E-state index contributed by atoms with van der Waals surface area (Å²) in [5.74, 6) is 1.72. The molecule has 0 unspecified atom stereocenters. The first-order valence-electron chi connectivity index (χ1n) is 12.1. The first-order valence-corrected chi connectivity index (χ1v) is 12.1. The highest BCUT2D eigenvalue weighted by Crippen LogP contribution is 2.30. The highest BCUT2D eigenvalue weighted by Gasteiger charge is 2.20. The number of nitrogens with zero attached hydrogens (tertiary/aromatic N) is 8. The number of nitrogens with two attached hydrogens (primary N) is 1. The molecule has 4 aromatic rings. The number of ether oxygens (including phenoxy) is 1. The van der Waals surface area contributed by atoms with Gasteiger partial charge in [-0.25, -0.2) is 15.0 Å². The van der Waals surface area contributed by atoms with Crippen LogP contribution in [0.15, 0.2) is 37.1 Å². The Bertz CT molecular complexity index is 1330. The van der Waals surface area contributed by atoms with E-state index in [2.05, 4.69) is 68.4 Å². The number of aromatic nitrogens is 7. The van der Waals surface area contributed by atoms with Gasteiger partial charge in [0.15, 0.2) is 11.6 Å².